The second-order valence-electron chi connectivity index (χ2n) is 5.83. The maximum absolute atomic E-state index is 14.2. The van der Waals surface area contributed by atoms with Crippen LogP contribution in [0, 0.1) is 11.6 Å². The fourth-order valence-electron chi connectivity index (χ4n) is 3.00. The Balaban J connectivity index is 2.44. The van der Waals surface area contributed by atoms with Crippen LogP contribution in [-0.2, 0) is 12.6 Å². The van der Waals surface area contributed by atoms with E-state index in [0.717, 1.165) is 17.5 Å². The van der Waals surface area contributed by atoms with Crippen molar-refractivity contribution in [2.45, 2.75) is 32.2 Å². The maximum Gasteiger partial charge on any atom is 0.292 e. The van der Waals surface area contributed by atoms with Gasteiger partial charge in [0.1, 0.15) is 35.1 Å². The van der Waals surface area contributed by atoms with Crippen molar-refractivity contribution in [3.8, 4) is 11.4 Å². The number of aromatic nitrogens is 2. The van der Waals surface area contributed by atoms with Gasteiger partial charge in [-0.3, -0.25) is 0 Å². The van der Waals surface area contributed by atoms with Gasteiger partial charge in [-0.25, -0.2) is 17.9 Å². The summed E-state index contributed by atoms with van der Waals surface area (Å²) in [6.07, 6.45) is 3.86. The third kappa shape index (κ3) is 1.49. The van der Waals surface area contributed by atoms with Crippen LogP contribution in [0.25, 0.3) is 11.4 Å². The van der Waals surface area contributed by atoms with Crippen LogP contribution in [0.2, 0.25) is 0 Å². The van der Waals surface area contributed by atoms with Crippen molar-refractivity contribution in [2.75, 3.05) is 0 Å². The molecule has 1 aliphatic heterocycles. The lowest BCUT2D eigenvalue weighted by atomic mass is 9.77. The van der Waals surface area contributed by atoms with E-state index < -0.39 is 11.6 Å². The van der Waals surface area contributed by atoms with E-state index in [1.165, 1.54) is 6.07 Å². The van der Waals surface area contributed by atoms with Gasteiger partial charge in [-0.1, -0.05) is 6.92 Å². The molecule has 0 spiro atoms. The zero-order chi connectivity index (χ0) is 13.9. The van der Waals surface area contributed by atoms with Crippen molar-refractivity contribution in [2.24, 2.45) is 7.05 Å². The summed E-state index contributed by atoms with van der Waals surface area (Å²) < 4.78 is 31.7. The Kier molecular flexibility index (Phi) is 2.37. The average molecular weight is 263 g/mol. The van der Waals surface area contributed by atoms with Gasteiger partial charge in [-0.15, -0.1) is 0 Å². The smallest absolute Gasteiger partial charge is 0.233 e. The molecule has 0 amide bonds. The number of nitrogens with zero attached hydrogens (tertiary/aromatic N) is 2. The van der Waals surface area contributed by atoms with Gasteiger partial charge < -0.3 is 0 Å². The summed E-state index contributed by atoms with van der Waals surface area (Å²) in [6, 6.07) is 2.42. The Hall–Kier alpha value is -1.71. The van der Waals surface area contributed by atoms with Crippen molar-refractivity contribution in [1.29, 1.82) is 0 Å². The SMILES string of the molecule is CC1c2cc(F)cc(F)c2-c2n(cc[n+]2C)C1(C)C. The fourth-order valence-corrected chi connectivity index (χ4v) is 3.00. The monoisotopic (exact) mass is 263 g/mol. The quantitative estimate of drug-likeness (QED) is 0.646. The molecule has 0 bridgehead atoms. The first kappa shape index (κ1) is 12.3. The van der Waals surface area contributed by atoms with E-state index in [2.05, 4.69) is 18.4 Å². The van der Waals surface area contributed by atoms with E-state index in [1.54, 1.807) is 0 Å². The van der Waals surface area contributed by atoms with Gasteiger partial charge in [0.2, 0.25) is 0 Å². The van der Waals surface area contributed by atoms with E-state index in [0.29, 0.717) is 5.56 Å². The molecule has 2 aromatic rings. The molecular weight excluding hydrogens is 246 g/mol. The molecular formula is C15H17F2N2+. The molecule has 1 atom stereocenters. The highest BCUT2D eigenvalue weighted by Crippen LogP contribution is 2.45. The van der Waals surface area contributed by atoms with Crippen LogP contribution >= 0.6 is 0 Å². The number of benzene rings is 1. The number of hydrogen-bond acceptors (Lipinski definition) is 0. The summed E-state index contributed by atoms with van der Waals surface area (Å²) in [6.45, 7) is 6.19. The van der Waals surface area contributed by atoms with Crippen molar-refractivity contribution in [3.05, 3.63) is 41.7 Å². The minimum absolute atomic E-state index is 0.0348. The molecule has 2 heterocycles. The first-order valence-corrected chi connectivity index (χ1v) is 6.41. The van der Waals surface area contributed by atoms with E-state index >= 15 is 0 Å². The average Bonchev–Trinajstić information content (AvgIpc) is 2.69. The number of fused-ring (bicyclic) bond motifs is 3. The molecule has 1 aromatic carbocycles. The predicted octanol–water partition coefficient (Wildman–Crippen LogP) is 3.11. The van der Waals surface area contributed by atoms with Gasteiger partial charge in [0.05, 0.1) is 7.05 Å². The van der Waals surface area contributed by atoms with E-state index in [9.17, 15) is 8.78 Å². The van der Waals surface area contributed by atoms with Crippen molar-refractivity contribution >= 4 is 0 Å². The second-order valence-corrected chi connectivity index (χ2v) is 5.83. The Bertz CT molecular complexity index is 671. The van der Waals surface area contributed by atoms with Gasteiger partial charge in [-0.05, 0) is 25.5 Å². The molecule has 4 heteroatoms. The van der Waals surface area contributed by atoms with Crippen LogP contribution in [0.3, 0.4) is 0 Å². The zero-order valence-corrected chi connectivity index (χ0v) is 11.5. The van der Waals surface area contributed by atoms with E-state index in [1.807, 2.05) is 30.9 Å². The number of halogens is 2. The Morgan fingerprint density at radius 2 is 1.95 bits per heavy atom. The molecule has 0 aliphatic carbocycles. The summed E-state index contributed by atoms with van der Waals surface area (Å²) in [5.41, 5.74) is 1.04. The van der Waals surface area contributed by atoms with Crippen molar-refractivity contribution in [1.82, 2.24) is 4.57 Å². The summed E-state index contributed by atoms with van der Waals surface area (Å²) >= 11 is 0. The first-order valence-electron chi connectivity index (χ1n) is 6.41. The summed E-state index contributed by atoms with van der Waals surface area (Å²) in [4.78, 5) is 0. The maximum atomic E-state index is 14.2. The number of hydrogen-bond donors (Lipinski definition) is 0. The molecule has 1 aliphatic rings. The second kappa shape index (κ2) is 3.65. The van der Waals surface area contributed by atoms with E-state index in [-0.39, 0.29) is 11.5 Å². The highest BCUT2D eigenvalue weighted by molar-refractivity contribution is 5.63. The third-order valence-electron chi connectivity index (χ3n) is 4.46. The highest BCUT2D eigenvalue weighted by Gasteiger charge is 2.44. The number of rotatable bonds is 0. The molecule has 0 fully saturated rings. The first-order chi connectivity index (χ1) is 8.84. The lowest BCUT2D eigenvalue weighted by Gasteiger charge is -2.35. The van der Waals surface area contributed by atoms with Gasteiger partial charge in [0.25, 0.3) is 5.82 Å². The van der Waals surface area contributed by atoms with Crippen molar-refractivity contribution < 1.29 is 13.3 Å². The van der Waals surface area contributed by atoms with Crippen LogP contribution in [-0.4, -0.2) is 4.57 Å². The molecule has 2 nitrogen and oxygen atoms in total. The lowest BCUT2D eigenvalue weighted by molar-refractivity contribution is -0.660. The fraction of sp³-hybridized carbons (Fsp3) is 0.400. The Labute approximate surface area is 111 Å². The molecule has 100 valence electrons. The molecule has 0 N–H and O–H groups in total. The topological polar surface area (TPSA) is 8.81 Å². The van der Waals surface area contributed by atoms with E-state index in [4.69, 9.17) is 0 Å². The predicted molar refractivity (Wildman–Crippen MR) is 68.7 cm³/mol. The summed E-state index contributed by atoms with van der Waals surface area (Å²) in [5, 5.41) is 0. The minimum atomic E-state index is -0.512. The Morgan fingerprint density at radius 3 is 2.63 bits per heavy atom. The van der Waals surface area contributed by atoms with Crippen LogP contribution in [0.15, 0.2) is 24.5 Å². The molecule has 1 unspecified atom stereocenters. The van der Waals surface area contributed by atoms with Crippen LogP contribution < -0.4 is 4.57 Å². The normalized spacial score (nSPS) is 20.0. The van der Waals surface area contributed by atoms with Gasteiger partial charge in [0.15, 0.2) is 0 Å². The summed E-state index contributed by atoms with van der Waals surface area (Å²) in [7, 11) is 1.88. The molecule has 19 heavy (non-hydrogen) atoms. The minimum Gasteiger partial charge on any atom is -0.233 e. The molecule has 0 saturated carbocycles. The molecule has 0 radical (unpaired) electrons. The van der Waals surface area contributed by atoms with Crippen LogP contribution in [0.4, 0.5) is 8.78 Å². The highest BCUT2D eigenvalue weighted by atomic mass is 19.1. The third-order valence-corrected chi connectivity index (χ3v) is 4.46. The number of aryl methyl sites for hydroxylation is 1. The zero-order valence-electron chi connectivity index (χ0n) is 11.5. The molecule has 3 rings (SSSR count). The van der Waals surface area contributed by atoms with Crippen LogP contribution in [0.1, 0.15) is 32.3 Å². The Morgan fingerprint density at radius 1 is 1.26 bits per heavy atom. The van der Waals surface area contributed by atoms with Gasteiger partial charge in [0, 0.05) is 12.0 Å². The largest absolute Gasteiger partial charge is 0.292 e. The summed E-state index contributed by atoms with van der Waals surface area (Å²) in [5.74, 6) is -0.183. The molecule has 0 saturated heterocycles. The van der Waals surface area contributed by atoms with Gasteiger partial charge >= 0.3 is 0 Å². The van der Waals surface area contributed by atoms with Gasteiger partial charge in [-0.2, -0.15) is 0 Å². The van der Waals surface area contributed by atoms with Crippen molar-refractivity contribution in [3.63, 3.8) is 0 Å². The molecule has 1 aromatic heterocycles. The lowest BCUT2D eigenvalue weighted by Crippen LogP contribution is -2.41. The van der Waals surface area contributed by atoms with Crippen LogP contribution in [0.5, 0.6) is 0 Å². The number of imidazole rings is 1. The standard InChI is InChI=1S/C15H17F2N2/c1-9-11-7-10(16)8-12(17)13(11)14-18(4)5-6-19(14)15(9,2)3/h5-9H,1-4H3/q+1.